The number of nitrogen functional groups attached to an aromatic ring is 1. The van der Waals surface area contributed by atoms with Crippen LogP contribution in [0.4, 0.5) is 11.4 Å². The Kier molecular flexibility index (Phi) is 4.52. The van der Waals surface area contributed by atoms with Crippen LogP contribution in [0.5, 0.6) is 0 Å². The molecule has 1 aliphatic heterocycles. The van der Waals surface area contributed by atoms with E-state index in [1.807, 2.05) is 36.4 Å². The molecule has 1 aliphatic rings. The number of anilines is 2. The van der Waals surface area contributed by atoms with E-state index in [-0.39, 0.29) is 18.2 Å². The van der Waals surface area contributed by atoms with Crippen molar-refractivity contribution in [3.63, 3.8) is 0 Å². The number of hydrogen-bond acceptors (Lipinski definition) is 6. The van der Waals surface area contributed by atoms with Crippen LogP contribution in [0.15, 0.2) is 82.1 Å². The van der Waals surface area contributed by atoms with E-state index in [4.69, 9.17) is 10.2 Å². The summed E-state index contributed by atoms with van der Waals surface area (Å²) in [7, 11) is 0. The molecule has 7 heteroatoms. The van der Waals surface area contributed by atoms with Gasteiger partial charge in [-0.1, -0.05) is 12.1 Å². The summed E-state index contributed by atoms with van der Waals surface area (Å²) in [6.45, 7) is 0. The molecular formula is C23H17N3O3S. The molecule has 30 heavy (non-hydrogen) atoms. The molecule has 1 aromatic heterocycles. The van der Waals surface area contributed by atoms with Crippen molar-refractivity contribution in [2.75, 3.05) is 10.6 Å². The average Bonchev–Trinajstić information content (AvgIpc) is 3.31. The van der Waals surface area contributed by atoms with Gasteiger partial charge in [0.15, 0.2) is 5.58 Å². The molecule has 1 unspecified atom stereocenters. The van der Waals surface area contributed by atoms with Crippen molar-refractivity contribution in [3.05, 3.63) is 72.8 Å². The molecule has 3 aromatic carbocycles. The van der Waals surface area contributed by atoms with Crippen molar-refractivity contribution in [1.82, 2.24) is 4.98 Å². The van der Waals surface area contributed by atoms with Crippen LogP contribution in [0.1, 0.15) is 6.42 Å². The Balaban J connectivity index is 1.36. The third-order valence-corrected chi connectivity index (χ3v) is 6.13. The van der Waals surface area contributed by atoms with E-state index in [1.165, 1.54) is 16.7 Å². The summed E-state index contributed by atoms with van der Waals surface area (Å²) in [6.07, 6.45) is 0.167. The van der Waals surface area contributed by atoms with Crippen LogP contribution in [0, 0.1) is 0 Å². The minimum atomic E-state index is -0.446. The Bertz CT molecular complexity index is 1220. The zero-order valence-corrected chi connectivity index (χ0v) is 16.6. The molecule has 0 bridgehead atoms. The number of amides is 2. The van der Waals surface area contributed by atoms with Crippen LogP contribution >= 0.6 is 11.8 Å². The molecule has 1 atom stereocenters. The molecule has 0 spiro atoms. The molecule has 0 aliphatic carbocycles. The maximum Gasteiger partial charge on any atom is 0.247 e. The second-order valence-electron chi connectivity index (χ2n) is 6.98. The molecule has 2 N–H and O–H groups in total. The molecule has 5 rings (SSSR count). The van der Waals surface area contributed by atoms with E-state index in [0.29, 0.717) is 22.8 Å². The first kappa shape index (κ1) is 18.4. The lowest BCUT2D eigenvalue weighted by Crippen LogP contribution is -2.31. The molecule has 0 saturated carbocycles. The fourth-order valence-corrected chi connectivity index (χ4v) is 4.48. The molecule has 1 fully saturated rings. The number of hydrogen-bond donors (Lipinski definition) is 1. The fourth-order valence-electron chi connectivity index (χ4n) is 3.43. The average molecular weight is 415 g/mol. The Morgan fingerprint density at radius 3 is 2.43 bits per heavy atom. The van der Waals surface area contributed by atoms with Crippen molar-refractivity contribution in [1.29, 1.82) is 0 Å². The number of rotatable bonds is 4. The molecule has 148 valence electrons. The smallest absolute Gasteiger partial charge is 0.247 e. The summed E-state index contributed by atoms with van der Waals surface area (Å²) in [6, 6.07) is 21.9. The number of oxazole rings is 1. The minimum Gasteiger partial charge on any atom is -0.436 e. The van der Waals surface area contributed by atoms with Gasteiger partial charge in [-0.05, 0) is 60.7 Å². The van der Waals surface area contributed by atoms with Crippen molar-refractivity contribution in [2.24, 2.45) is 0 Å². The number of carbonyl (C=O) groups is 2. The van der Waals surface area contributed by atoms with Gasteiger partial charge < -0.3 is 10.2 Å². The van der Waals surface area contributed by atoms with Crippen LogP contribution in [-0.4, -0.2) is 22.0 Å². The standard InChI is InChI=1S/C23H17N3O3S/c24-15-7-11-17(12-8-15)30-20-13-21(27)26(23(20)28)16-9-5-14(6-10-16)22-25-18-3-1-2-4-19(18)29-22/h1-12,20H,13,24H2. The summed E-state index contributed by atoms with van der Waals surface area (Å²) in [5, 5.41) is -0.446. The van der Waals surface area contributed by atoms with Gasteiger partial charge in [0.05, 0.1) is 10.9 Å². The van der Waals surface area contributed by atoms with Gasteiger partial charge in [-0.25, -0.2) is 9.88 Å². The molecule has 2 amide bonds. The highest BCUT2D eigenvalue weighted by molar-refractivity contribution is 8.00. The van der Waals surface area contributed by atoms with Crippen LogP contribution < -0.4 is 10.6 Å². The highest BCUT2D eigenvalue weighted by Crippen LogP contribution is 2.35. The van der Waals surface area contributed by atoms with Gasteiger partial charge in [0, 0.05) is 22.6 Å². The number of aromatic nitrogens is 1. The van der Waals surface area contributed by atoms with Gasteiger partial charge in [-0.2, -0.15) is 0 Å². The van der Waals surface area contributed by atoms with E-state index >= 15 is 0 Å². The van der Waals surface area contributed by atoms with Crippen LogP contribution in [0.2, 0.25) is 0 Å². The number of nitrogens with two attached hydrogens (primary N) is 1. The van der Waals surface area contributed by atoms with Crippen molar-refractivity contribution in [2.45, 2.75) is 16.6 Å². The third-order valence-electron chi connectivity index (χ3n) is 4.93. The number of imide groups is 1. The first-order chi connectivity index (χ1) is 14.6. The van der Waals surface area contributed by atoms with Gasteiger partial charge in [-0.15, -0.1) is 11.8 Å². The molecule has 2 heterocycles. The zero-order valence-electron chi connectivity index (χ0n) is 15.8. The number of thioether (sulfide) groups is 1. The summed E-state index contributed by atoms with van der Waals surface area (Å²) in [4.78, 5) is 32.1. The monoisotopic (exact) mass is 415 g/mol. The molecular weight excluding hydrogens is 398 g/mol. The first-order valence-electron chi connectivity index (χ1n) is 9.43. The van der Waals surface area contributed by atoms with Crippen molar-refractivity contribution < 1.29 is 14.0 Å². The predicted molar refractivity (Wildman–Crippen MR) is 117 cm³/mol. The highest BCUT2D eigenvalue weighted by atomic mass is 32.2. The minimum absolute atomic E-state index is 0.167. The highest BCUT2D eigenvalue weighted by Gasteiger charge is 2.40. The predicted octanol–water partition coefficient (Wildman–Crippen LogP) is 4.50. The van der Waals surface area contributed by atoms with Gasteiger partial charge in [0.2, 0.25) is 17.7 Å². The molecule has 0 radical (unpaired) electrons. The lowest BCUT2D eigenvalue weighted by molar-refractivity contribution is -0.121. The molecule has 1 saturated heterocycles. The van der Waals surface area contributed by atoms with E-state index in [2.05, 4.69) is 4.98 Å². The Morgan fingerprint density at radius 1 is 0.967 bits per heavy atom. The molecule has 4 aromatic rings. The van der Waals surface area contributed by atoms with E-state index < -0.39 is 5.25 Å². The Morgan fingerprint density at radius 2 is 1.70 bits per heavy atom. The van der Waals surface area contributed by atoms with E-state index in [0.717, 1.165) is 16.0 Å². The van der Waals surface area contributed by atoms with E-state index in [1.54, 1.807) is 36.4 Å². The first-order valence-corrected chi connectivity index (χ1v) is 10.3. The maximum absolute atomic E-state index is 12.9. The maximum atomic E-state index is 12.9. The normalized spacial score (nSPS) is 16.5. The van der Waals surface area contributed by atoms with Gasteiger partial charge in [0.25, 0.3) is 0 Å². The summed E-state index contributed by atoms with van der Waals surface area (Å²) < 4.78 is 5.78. The Labute approximate surface area is 176 Å². The number of nitrogens with zero attached hydrogens (tertiary/aromatic N) is 2. The number of benzene rings is 3. The second kappa shape index (κ2) is 7.35. The lowest BCUT2D eigenvalue weighted by atomic mass is 10.2. The van der Waals surface area contributed by atoms with E-state index in [9.17, 15) is 9.59 Å². The van der Waals surface area contributed by atoms with Crippen LogP contribution in [-0.2, 0) is 9.59 Å². The number of para-hydroxylation sites is 2. The van der Waals surface area contributed by atoms with Gasteiger partial charge >= 0.3 is 0 Å². The Hall–Kier alpha value is -3.58. The summed E-state index contributed by atoms with van der Waals surface area (Å²) in [5.41, 5.74) is 9.19. The van der Waals surface area contributed by atoms with Crippen LogP contribution in [0.25, 0.3) is 22.6 Å². The summed E-state index contributed by atoms with van der Waals surface area (Å²) >= 11 is 1.38. The summed E-state index contributed by atoms with van der Waals surface area (Å²) in [5.74, 6) is 0.0811. The van der Waals surface area contributed by atoms with Gasteiger partial charge in [0.1, 0.15) is 5.52 Å². The largest absolute Gasteiger partial charge is 0.436 e. The zero-order chi connectivity index (χ0) is 20.7. The van der Waals surface area contributed by atoms with Gasteiger partial charge in [-0.3, -0.25) is 9.59 Å². The van der Waals surface area contributed by atoms with Crippen molar-refractivity contribution >= 4 is 46.1 Å². The second-order valence-corrected chi connectivity index (χ2v) is 8.26. The third kappa shape index (κ3) is 3.33. The number of fused-ring (bicyclic) bond motifs is 1. The van der Waals surface area contributed by atoms with Crippen molar-refractivity contribution in [3.8, 4) is 11.5 Å². The number of carbonyl (C=O) groups excluding carboxylic acids is 2. The lowest BCUT2D eigenvalue weighted by Gasteiger charge is -2.15. The molecule has 6 nitrogen and oxygen atoms in total. The fraction of sp³-hybridized carbons (Fsp3) is 0.0870. The SMILES string of the molecule is Nc1ccc(SC2CC(=O)N(c3ccc(-c4nc5ccccc5o4)cc3)C2=O)cc1. The quantitative estimate of drug-likeness (QED) is 0.390. The van der Waals surface area contributed by atoms with Crippen LogP contribution in [0.3, 0.4) is 0 Å². The topological polar surface area (TPSA) is 89.4 Å².